The van der Waals surface area contributed by atoms with Gasteiger partial charge in [-0.25, -0.2) is 0 Å². The molecule has 28 heavy (non-hydrogen) atoms. The highest BCUT2D eigenvalue weighted by molar-refractivity contribution is 6.68. The van der Waals surface area contributed by atoms with E-state index in [1.165, 1.54) is 12.8 Å². The second kappa shape index (κ2) is 16.0. The molecule has 6 nitrogen and oxygen atoms in total. The third-order valence-corrected chi connectivity index (χ3v) is 11.8. The standard InChI is InChI=1S/C20H47NO5Si2/c1-9-16-17-18-20(27(8,22-11-3)23-12-4)21-19(10-2)28(24-13-5,25-14-6)26-15-7/h19-21H,9-18H2,1-8H3. The molecular weight excluding hydrogens is 390 g/mol. The minimum atomic E-state index is -2.86. The van der Waals surface area contributed by atoms with E-state index in [9.17, 15) is 0 Å². The molecule has 170 valence electrons. The van der Waals surface area contributed by atoms with Crippen LogP contribution in [-0.2, 0) is 22.1 Å². The first-order valence-electron chi connectivity index (χ1n) is 11.4. The van der Waals surface area contributed by atoms with Crippen LogP contribution < -0.4 is 5.32 Å². The van der Waals surface area contributed by atoms with Crippen molar-refractivity contribution in [3.05, 3.63) is 0 Å². The fraction of sp³-hybridized carbons (Fsp3) is 1.00. The molecule has 8 heteroatoms. The van der Waals surface area contributed by atoms with Crippen LogP contribution in [0.3, 0.4) is 0 Å². The van der Waals surface area contributed by atoms with Crippen molar-refractivity contribution < 1.29 is 22.1 Å². The van der Waals surface area contributed by atoms with Crippen molar-refractivity contribution >= 4 is 17.4 Å². The number of rotatable bonds is 19. The van der Waals surface area contributed by atoms with Gasteiger partial charge in [-0.2, -0.15) is 0 Å². The first kappa shape index (κ1) is 28.2. The Labute approximate surface area is 176 Å². The van der Waals surface area contributed by atoms with E-state index < -0.39 is 17.4 Å². The molecule has 0 aromatic carbocycles. The third-order valence-electron chi connectivity index (χ3n) is 4.87. The first-order valence-corrected chi connectivity index (χ1v) is 15.6. The summed E-state index contributed by atoms with van der Waals surface area (Å²) < 4.78 is 31.1. The summed E-state index contributed by atoms with van der Waals surface area (Å²) in [6.45, 7) is 19.8. The number of hydrogen-bond acceptors (Lipinski definition) is 6. The van der Waals surface area contributed by atoms with Gasteiger partial charge in [0.25, 0.3) is 0 Å². The van der Waals surface area contributed by atoms with Crippen LogP contribution >= 0.6 is 0 Å². The highest BCUT2D eigenvalue weighted by Gasteiger charge is 2.52. The predicted octanol–water partition coefficient (Wildman–Crippen LogP) is 4.58. The van der Waals surface area contributed by atoms with Crippen LogP contribution in [0.15, 0.2) is 0 Å². The summed E-state index contributed by atoms with van der Waals surface area (Å²) in [6, 6.07) is 0. The van der Waals surface area contributed by atoms with Gasteiger partial charge in [0.15, 0.2) is 0 Å². The highest BCUT2D eigenvalue weighted by Crippen LogP contribution is 2.24. The molecule has 0 saturated heterocycles. The number of hydrogen-bond donors (Lipinski definition) is 1. The van der Waals surface area contributed by atoms with Crippen LogP contribution in [0.5, 0.6) is 0 Å². The lowest BCUT2D eigenvalue weighted by atomic mass is 10.2. The molecule has 0 amide bonds. The Kier molecular flexibility index (Phi) is 16.1. The van der Waals surface area contributed by atoms with Gasteiger partial charge in [0.05, 0.1) is 11.3 Å². The van der Waals surface area contributed by atoms with Crippen molar-refractivity contribution in [2.45, 2.75) is 98.4 Å². The summed E-state index contributed by atoms with van der Waals surface area (Å²) in [7, 11) is -5.27. The van der Waals surface area contributed by atoms with Crippen LogP contribution in [0.4, 0.5) is 0 Å². The van der Waals surface area contributed by atoms with Crippen LogP contribution in [0, 0.1) is 0 Å². The van der Waals surface area contributed by atoms with Gasteiger partial charge in [-0.3, -0.25) is 0 Å². The average molecular weight is 438 g/mol. The van der Waals surface area contributed by atoms with E-state index in [0.29, 0.717) is 33.0 Å². The Morgan fingerprint density at radius 3 is 1.46 bits per heavy atom. The Hall–Kier alpha value is 0.194. The largest absolute Gasteiger partial charge is 0.518 e. The molecular formula is C20H47NO5Si2. The quantitative estimate of drug-likeness (QED) is 0.236. The monoisotopic (exact) mass is 437 g/mol. The van der Waals surface area contributed by atoms with Gasteiger partial charge in [-0.15, -0.1) is 0 Å². The van der Waals surface area contributed by atoms with Gasteiger partial charge < -0.3 is 27.4 Å². The molecule has 2 unspecified atom stereocenters. The van der Waals surface area contributed by atoms with Gasteiger partial charge in [0.1, 0.15) is 0 Å². The molecule has 0 radical (unpaired) electrons. The van der Waals surface area contributed by atoms with Crippen molar-refractivity contribution in [2.75, 3.05) is 33.0 Å². The van der Waals surface area contributed by atoms with Crippen molar-refractivity contribution in [2.24, 2.45) is 0 Å². The number of unbranched alkanes of at least 4 members (excludes halogenated alkanes) is 2. The molecule has 2 atom stereocenters. The van der Waals surface area contributed by atoms with E-state index in [4.69, 9.17) is 22.1 Å². The Morgan fingerprint density at radius 2 is 1.11 bits per heavy atom. The fourth-order valence-electron chi connectivity index (χ4n) is 3.65. The minimum absolute atomic E-state index is 0.0201. The van der Waals surface area contributed by atoms with Gasteiger partial charge >= 0.3 is 17.4 Å². The SMILES string of the molecule is CCCCCC(NC(CC)[Si](OCC)(OCC)OCC)[Si](C)(OCC)OCC. The molecule has 0 saturated carbocycles. The maximum Gasteiger partial charge on any atom is 0.518 e. The summed E-state index contributed by atoms with van der Waals surface area (Å²) in [5.74, 6) is 0. The summed E-state index contributed by atoms with van der Waals surface area (Å²) in [4.78, 5) is 0. The second-order valence-electron chi connectivity index (χ2n) is 6.96. The van der Waals surface area contributed by atoms with E-state index in [2.05, 4.69) is 25.7 Å². The van der Waals surface area contributed by atoms with E-state index in [1.807, 2.05) is 34.6 Å². The Bertz CT molecular complexity index is 353. The zero-order valence-electron chi connectivity index (χ0n) is 19.8. The predicted molar refractivity (Wildman–Crippen MR) is 121 cm³/mol. The Balaban J connectivity index is 5.75. The maximum absolute atomic E-state index is 6.25. The summed E-state index contributed by atoms with van der Waals surface area (Å²) in [5.41, 5.74) is 0.184. The molecule has 0 aromatic heterocycles. The van der Waals surface area contributed by atoms with E-state index in [-0.39, 0.29) is 11.3 Å². The molecule has 0 spiro atoms. The van der Waals surface area contributed by atoms with Crippen molar-refractivity contribution in [3.63, 3.8) is 0 Å². The lowest BCUT2D eigenvalue weighted by Crippen LogP contribution is -2.68. The van der Waals surface area contributed by atoms with Crippen LogP contribution in [-0.4, -0.2) is 61.7 Å². The van der Waals surface area contributed by atoms with Gasteiger partial charge in [-0.1, -0.05) is 33.1 Å². The van der Waals surface area contributed by atoms with Crippen molar-refractivity contribution in [3.8, 4) is 0 Å². The summed E-state index contributed by atoms with van der Waals surface area (Å²) in [5, 5.41) is 3.87. The molecule has 0 aliphatic heterocycles. The average Bonchev–Trinajstić information content (AvgIpc) is 2.65. The molecule has 0 bridgehead atoms. The van der Waals surface area contributed by atoms with E-state index in [1.54, 1.807) is 0 Å². The van der Waals surface area contributed by atoms with Crippen molar-refractivity contribution in [1.82, 2.24) is 5.32 Å². The first-order chi connectivity index (χ1) is 13.4. The topological polar surface area (TPSA) is 58.2 Å². The lowest BCUT2D eigenvalue weighted by Gasteiger charge is -2.41. The van der Waals surface area contributed by atoms with Crippen LogP contribution in [0.1, 0.15) is 80.6 Å². The molecule has 1 N–H and O–H groups in total. The summed E-state index contributed by atoms with van der Waals surface area (Å²) in [6.07, 6.45) is 5.46. The van der Waals surface area contributed by atoms with Crippen molar-refractivity contribution in [1.29, 1.82) is 0 Å². The zero-order valence-corrected chi connectivity index (χ0v) is 21.8. The van der Waals surface area contributed by atoms with Gasteiger partial charge in [-0.05, 0) is 54.0 Å². The van der Waals surface area contributed by atoms with E-state index in [0.717, 1.165) is 19.3 Å². The van der Waals surface area contributed by atoms with E-state index >= 15 is 0 Å². The fourth-order valence-corrected chi connectivity index (χ4v) is 9.65. The highest BCUT2D eigenvalue weighted by atomic mass is 28.4. The molecule has 0 fully saturated rings. The molecule has 0 aliphatic rings. The normalized spacial score (nSPS) is 15.0. The number of nitrogens with one attached hydrogen (secondary N) is 1. The van der Waals surface area contributed by atoms with Gasteiger partial charge in [0, 0.05) is 33.0 Å². The van der Waals surface area contributed by atoms with Gasteiger partial charge in [0.2, 0.25) is 0 Å². The van der Waals surface area contributed by atoms with Crippen LogP contribution in [0.2, 0.25) is 6.55 Å². The lowest BCUT2D eigenvalue weighted by molar-refractivity contribution is 0.0554. The molecule has 0 rings (SSSR count). The molecule has 0 aliphatic carbocycles. The summed E-state index contributed by atoms with van der Waals surface area (Å²) >= 11 is 0. The van der Waals surface area contributed by atoms with Crippen LogP contribution in [0.25, 0.3) is 0 Å². The molecule has 0 aromatic rings. The second-order valence-corrected chi connectivity index (χ2v) is 13.0. The minimum Gasteiger partial charge on any atom is -0.394 e. The zero-order chi connectivity index (χ0) is 21.5. The maximum atomic E-state index is 6.25. The Morgan fingerprint density at radius 1 is 0.643 bits per heavy atom. The smallest absolute Gasteiger partial charge is 0.394 e. The third kappa shape index (κ3) is 8.91. The molecule has 0 heterocycles.